The number of pyridine rings is 2. The van der Waals surface area contributed by atoms with E-state index in [0.717, 1.165) is 12.1 Å². The largest absolute Gasteiger partial charge is 0.433 e. The van der Waals surface area contributed by atoms with Gasteiger partial charge in [-0.1, -0.05) is 12.1 Å². The molecule has 214 valence electrons. The number of halogens is 6. The Balaban J connectivity index is 1.19. The van der Waals surface area contributed by atoms with Crippen molar-refractivity contribution >= 4 is 24.4 Å². The molecule has 0 aliphatic carbocycles. The van der Waals surface area contributed by atoms with Gasteiger partial charge in [0.05, 0.1) is 26.4 Å². The SMILES string of the molecule is FC(F)(F)c1cccc(-n2ccn(CCOCCOCCn3ccn(-c4cccc(C(F)(F)F)n4)c3=S)c2=S)n1. The smallest absolute Gasteiger partial charge is 0.377 e. The van der Waals surface area contributed by atoms with Crippen molar-refractivity contribution in [2.24, 2.45) is 0 Å². The van der Waals surface area contributed by atoms with E-state index in [-0.39, 0.29) is 47.6 Å². The molecule has 40 heavy (non-hydrogen) atoms. The monoisotopic (exact) mass is 604 g/mol. The van der Waals surface area contributed by atoms with E-state index in [9.17, 15) is 26.3 Å². The summed E-state index contributed by atoms with van der Waals surface area (Å²) in [5.41, 5.74) is -2.01. The van der Waals surface area contributed by atoms with E-state index in [4.69, 9.17) is 33.9 Å². The third kappa shape index (κ3) is 7.24. The van der Waals surface area contributed by atoms with Gasteiger partial charge in [0.2, 0.25) is 0 Å². The summed E-state index contributed by atoms with van der Waals surface area (Å²) >= 11 is 10.7. The van der Waals surface area contributed by atoms with Crippen LogP contribution in [0.5, 0.6) is 0 Å². The van der Waals surface area contributed by atoms with Crippen molar-refractivity contribution in [3.05, 3.63) is 82.1 Å². The van der Waals surface area contributed by atoms with Crippen LogP contribution in [0.1, 0.15) is 11.4 Å². The molecule has 16 heteroatoms. The van der Waals surface area contributed by atoms with E-state index < -0.39 is 23.7 Å². The number of hydrogen-bond donors (Lipinski definition) is 0. The number of aromatic nitrogens is 6. The fourth-order valence-corrected chi connectivity index (χ4v) is 4.21. The average Bonchev–Trinajstić information content (AvgIpc) is 3.46. The maximum absolute atomic E-state index is 12.9. The summed E-state index contributed by atoms with van der Waals surface area (Å²) < 4.78 is 95.4. The number of ether oxygens (including phenoxy) is 2. The second kappa shape index (κ2) is 12.4. The van der Waals surface area contributed by atoms with Crippen LogP contribution < -0.4 is 0 Å². The topological polar surface area (TPSA) is 64.0 Å². The maximum atomic E-state index is 12.9. The fraction of sp³-hybridized carbons (Fsp3) is 0.333. The highest BCUT2D eigenvalue weighted by Crippen LogP contribution is 2.29. The minimum Gasteiger partial charge on any atom is -0.377 e. The predicted octanol–water partition coefficient (Wildman–Crippen LogP) is 5.89. The molecule has 0 radical (unpaired) electrons. The zero-order chi connectivity index (χ0) is 28.9. The summed E-state index contributed by atoms with van der Waals surface area (Å²) in [6.07, 6.45) is -2.77. The summed E-state index contributed by atoms with van der Waals surface area (Å²) in [7, 11) is 0. The molecule has 0 fully saturated rings. The number of alkyl halides is 6. The summed E-state index contributed by atoms with van der Waals surface area (Å²) in [5.74, 6) is 0.129. The van der Waals surface area contributed by atoms with Gasteiger partial charge in [-0.3, -0.25) is 9.13 Å². The van der Waals surface area contributed by atoms with Crippen LogP contribution in [0.3, 0.4) is 0 Å². The van der Waals surface area contributed by atoms with Gasteiger partial charge in [0.15, 0.2) is 9.54 Å². The highest BCUT2D eigenvalue weighted by Gasteiger charge is 2.33. The molecule has 0 atom stereocenters. The lowest BCUT2D eigenvalue weighted by Crippen LogP contribution is -2.13. The van der Waals surface area contributed by atoms with Crippen LogP contribution in [0.15, 0.2) is 61.2 Å². The van der Waals surface area contributed by atoms with Gasteiger partial charge in [0.25, 0.3) is 0 Å². The van der Waals surface area contributed by atoms with Gasteiger partial charge in [0.1, 0.15) is 23.0 Å². The van der Waals surface area contributed by atoms with Crippen molar-refractivity contribution in [1.29, 1.82) is 0 Å². The molecule has 0 saturated carbocycles. The second-order valence-corrected chi connectivity index (χ2v) is 9.00. The first-order valence-corrected chi connectivity index (χ1v) is 12.6. The van der Waals surface area contributed by atoms with E-state index in [1.54, 1.807) is 21.5 Å². The highest BCUT2D eigenvalue weighted by atomic mass is 32.1. The van der Waals surface area contributed by atoms with E-state index in [0.29, 0.717) is 13.1 Å². The van der Waals surface area contributed by atoms with E-state index in [1.165, 1.54) is 45.8 Å². The molecule has 0 bridgehead atoms. The van der Waals surface area contributed by atoms with E-state index in [2.05, 4.69) is 9.97 Å². The van der Waals surface area contributed by atoms with Crippen LogP contribution >= 0.6 is 24.4 Å². The Morgan fingerprint density at radius 2 is 1.00 bits per heavy atom. The molecular formula is C24H22F6N6O2S2. The third-order valence-electron chi connectivity index (χ3n) is 5.56. The zero-order valence-corrected chi connectivity index (χ0v) is 22.2. The molecule has 0 aliphatic heterocycles. The van der Waals surface area contributed by atoms with Gasteiger partial charge < -0.3 is 18.6 Å². The molecule has 4 aromatic heterocycles. The number of nitrogens with zero attached hydrogens (tertiary/aromatic N) is 6. The molecule has 4 aromatic rings. The summed E-state index contributed by atoms with van der Waals surface area (Å²) in [6, 6.07) is 7.20. The van der Waals surface area contributed by atoms with Crippen molar-refractivity contribution in [2.75, 3.05) is 26.4 Å². The van der Waals surface area contributed by atoms with Crippen molar-refractivity contribution in [2.45, 2.75) is 25.4 Å². The van der Waals surface area contributed by atoms with Crippen LogP contribution in [-0.4, -0.2) is 54.7 Å². The number of hydrogen-bond acceptors (Lipinski definition) is 6. The fourth-order valence-electron chi connectivity index (χ4n) is 3.59. The maximum Gasteiger partial charge on any atom is 0.433 e. The van der Waals surface area contributed by atoms with Gasteiger partial charge in [-0.05, 0) is 48.7 Å². The Kier molecular flexibility index (Phi) is 9.22. The summed E-state index contributed by atoms with van der Waals surface area (Å²) in [5, 5.41) is 0. The Morgan fingerprint density at radius 1 is 0.600 bits per heavy atom. The molecule has 0 spiro atoms. The van der Waals surface area contributed by atoms with Crippen molar-refractivity contribution < 1.29 is 35.8 Å². The van der Waals surface area contributed by atoms with Gasteiger partial charge in [-0.15, -0.1) is 0 Å². The van der Waals surface area contributed by atoms with Gasteiger partial charge >= 0.3 is 12.4 Å². The zero-order valence-electron chi connectivity index (χ0n) is 20.6. The van der Waals surface area contributed by atoms with Crippen LogP contribution in [-0.2, 0) is 34.9 Å². The molecule has 0 unspecified atom stereocenters. The lowest BCUT2D eigenvalue weighted by atomic mass is 10.3. The minimum atomic E-state index is -4.56. The van der Waals surface area contributed by atoms with Gasteiger partial charge in [-0.2, -0.15) is 26.3 Å². The molecule has 0 saturated heterocycles. The second-order valence-electron chi connectivity index (χ2n) is 8.27. The van der Waals surface area contributed by atoms with E-state index >= 15 is 0 Å². The van der Waals surface area contributed by atoms with Gasteiger partial charge in [0, 0.05) is 37.9 Å². The first kappa shape index (κ1) is 29.6. The molecule has 0 aromatic carbocycles. The molecule has 4 heterocycles. The van der Waals surface area contributed by atoms with Crippen LogP contribution in [0.2, 0.25) is 0 Å². The van der Waals surface area contributed by atoms with Crippen molar-refractivity contribution in [1.82, 2.24) is 28.2 Å². The normalized spacial score (nSPS) is 12.2. The lowest BCUT2D eigenvalue weighted by Gasteiger charge is -2.09. The Bertz CT molecular complexity index is 1440. The third-order valence-corrected chi connectivity index (χ3v) is 6.43. The first-order valence-electron chi connectivity index (χ1n) is 11.8. The summed E-state index contributed by atoms with van der Waals surface area (Å²) in [6.45, 7) is 1.88. The Hall–Kier alpha value is -3.34. The van der Waals surface area contributed by atoms with Crippen LogP contribution in [0, 0.1) is 9.54 Å². The van der Waals surface area contributed by atoms with Crippen LogP contribution in [0.4, 0.5) is 26.3 Å². The highest BCUT2D eigenvalue weighted by molar-refractivity contribution is 7.71. The first-order chi connectivity index (χ1) is 18.9. The number of imidazole rings is 2. The molecular weight excluding hydrogens is 582 g/mol. The molecule has 8 nitrogen and oxygen atoms in total. The number of rotatable bonds is 11. The van der Waals surface area contributed by atoms with Crippen molar-refractivity contribution in [3.63, 3.8) is 0 Å². The van der Waals surface area contributed by atoms with Gasteiger partial charge in [-0.25, -0.2) is 9.97 Å². The Morgan fingerprint density at radius 3 is 1.38 bits per heavy atom. The standard InChI is InChI=1S/C24H22F6N6O2S2/c25-23(26,27)17-3-1-5-19(31-17)35-9-7-33(21(35)39)11-13-37-15-16-38-14-12-34-8-10-36(22(34)40)20-6-2-4-18(32-20)24(28,29)30/h1-10H,11-16H2. The average molecular weight is 605 g/mol. The molecule has 4 rings (SSSR count). The summed E-state index contributed by atoms with van der Waals surface area (Å²) in [4.78, 5) is 7.28. The van der Waals surface area contributed by atoms with Crippen molar-refractivity contribution in [3.8, 4) is 11.6 Å². The lowest BCUT2D eigenvalue weighted by molar-refractivity contribution is -0.141. The quantitative estimate of drug-likeness (QED) is 0.121. The van der Waals surface area contributed by atoms with Crippen LogP contribution in [0.25, 0.3) is 11.6 Å². The minimum absolute atomic E-state index is 0.0643. The molecule has 0 N–H and O–H groups in total. The predicted molar refractivity (Wildman–Crippen MR) is 136 cm³/mol. The van der Waals surface area contributed by atoms with E-state index in [1.807, 2.05) is 0 Å². The molecule has 0 aliphatic rings. The molecule has 0 amide bonds. The Labute approximate surface area is 234 Å².